The van der Waals surface area contributed by atoms with E-state index in [0.717, 1.165) is 15.7 Å². The molecular formula is C14H11BrClFN2S. The molecule has 2 aromatic carbocycles. The molecule has 2 nitrogen and oxygen atoms in total. The van der Waals surface area contributed by atoms with Crippen LogP contribution in [0.15, 0.2) is 40.9 Å². The third-order valence-corrected chi connectivity index (χ3v) is 3.60. The summed E-state index contributed by atoms with van der Waals surface area (Å²) in [6, 6.07) is 10.2. The zero-order chi connectivity index (χ0) is 14.7. The van der Waals surface area contributed by atoms with Crippen LogP contribution in [0, 0.1) is 12.7 Å². The first-order valence-electron chi connectivity index (χ1n) is 5.75. The highest BCUT2D eigenvalue weighted by Gasteiger charge is 2.04. The van der Waals surface area contributed by atoms with Crippen molar-refractivity contribution in [3.05, 3.63) is 57.3 Å². The molecule has 2 N–H and O–H groups in total. The molecule has 0 heterocycles. The quantitative estimate of drug-likeness (QED) is 0.693. The first kappa shape index (κ1) is 15.2. The van der Waals surface area contributed by atoms with E-state index in [9.17, 15) is 4.39 Å². The van der Waals surface area contributed by atoms with Gasteiger partial charge in [0, 0.05) is 15.8 Å². The van der Waals surface area contributed by atoms with E-state index in [2.05, 4.69) is 26.6 Å². The van der Waals surface area contributed by atoms with Gasteiger partial charge in [0.25, 0.3) is 0 Å². The minimum absolute atomic E-state index is 0.0534. The number of anilines is 2. The van der Waals surface area contributed by atoms with Crippen LogP contribution in [0.3, 0.4) is 0 Å². The van der Waals surface area contributed by atoms with Crippen molar-refractivity contribution in [1.29, 1.82) is 0 Å². The Morgan fingerprint density at radius 3 is 2.60 bits per heavy atom. The average molecular weight is 374 g/mol. The Labute approximate surface area is 135 Å². The second-order valence-electron chi connectivity index (χ2n) is 4.17. The van der Waals surface area contributed by atoms with Gasteiger partial charge in [0.2, 0.25) is 0 Å². The van der Waals surface area contributed by atoms with Crippen LogP contribution in [0.1, 0.15) is 5.56 Å². The summed E-state index contributed by atoms with van der Waals surface area (Å²) < 4.78 is 14.1. The Kier molecular flexibility index (Phi) is 4.96. The number of aryl methyl sites for hydroxylation is 1. The lowest BCUT2D eigenvalue weighted by Crippen LogP contribution is -2.19. The molecule has 0 atom stereocenters. The Bertz CT molecular complexity index is 664. The van der Waals surface area contributed by atoms with Crippen LogP contribution in [0.5, 0.6) is 0 Å². The molecule has 0 aromatic heterocycles. The molecule has 0 aliphatic rings. The van der Waals surface area contributed by atoms with Gasteiger partial charge in [0.1, 0.15) is 5.82 Å². The highest BCUT2D eigenvalue weighted by Crippen LogP contribution is 2.22. The molecular weight excluding hydrogens is 363 g/mol. The molecule has 0 aliphatic heterocycles. The third-order valence-electron chi connectivity index (χ3n) is 2.61. The molecule has 0 bridgehead atoms. The number of hydrogen-bond acceptors (Lipinski definition) is 1. The van der Waals surface area contributed by atoms with Crippen LogP contribution in [0.2, 0.25) is 5.02 Å². The summed E-state index contributed by atoms with van der Waals surface area (Å²) in [4.78, 5) is 0. The van der Waals surface area contributed by atoms with Crippen LogP contribution in [0.4, 0.5) is 15.8 Å². The van der Waals surface area contributed by atoms with Crippen molar-refractivity contribution in [2.45, 2.75) is 6.92 Å². The molecule has 0 saturated heterocycles. The highest BCUT2D eigenvalue weighted by molar-refractivity contribution is 9.10. The molecule has 2 rings (SSSR count). The number of benzene rings is 2. The maximum absolute atomic E-state index is 13.1. The smallest absolute Gasteiger partial charge is 0.175 e. The van der Waals surface area contributed by atoms with Gasteiger partial charge in [0.15, 0.2) is 5.11 Å². The summed E-state index contributed by atoms with van der Waals surface area (Å²) in [5.74, 6) is -0.458. The Morgan fingerprint density at radius 2 is 1.95 bits per heavy atom. The fourth-order valence-electron chi connectivity index (χ4n) is 1.63. The Hall–Kier alpha value is -1.17. The minimum atomic E-state index is -0.458. The molecule has 0 amide bonds. The topological polar surface area (TPSA) is 24.1 Å². The van der Waals surface area contributed by atoms with Gasteiger partial charge in [-0.05, 0) is 61.1 Å². The lowest BCUT2D eigenvalue weighted by molar-refractivity contribution is 0.628. The van der Waals surface area contributed by atoms with Crippen LogP contribution < -0.4 is 10.6 Å². The normalized spacial score (nSPS) is 10.2. The summed E-state index contributed by atoms with van der Waals surface area (Å²) in [6.07, 6.45) is 0. The molecule has 104 valence electrons. The van der Waals surface area contributed by atoms with Crippen molar-refractivity contribution in [2.24, 2.45) is 0 Å². The van der Waals surface area contributed by atoms with E-state index in [1.165, 1.54) is 12.1 Å². The molecule has 0 fully saturated rings. The van der Waals surface area contributed by atoms with Crippen LogP contribution in [-0.4, -0.2) is 5.11 Å². The molecule has 0 unspecified atom stereocenters. The molecule has 20 heavy (non-hydrogen) atoms. The van der Waals surface area contributed by atoms with Gasteiger partial charge < -0.3 is 10.6 Å². The van der Waals surface area contributed by atoms with Gasteiger partial charge >= 0.3 is 0 Å². The maximum atomic E-state index is 13.1. The number of thiocarbonyl (C=S) groups is 1. The molecule has 0 spiro atoms. The molecule has 0 radical (unpaired) electrons. The van der Waals surface area contributed by atoms with Crippen molar-refractivity contribution in [1.82, 2.24) is 0 Å². The zero-order valence-electron chi connectivity index (χ0n) is 10.5. The Morgan fingerprint density at radius 1 is 1.20 bits per heavy atom. The molecule has 0 aliphatic carbocycles. The van der Waals surface area contributed by atoms with Crippen molar-refractivity contribution >= 4 is 56.2 Å². The second kappa shape index (κ2) is 6.52. The van der Waals surface area contributed by atoms with Crippen LogP contribution in [-0.2, 0) is 0 Å². The summed E-state index contributed by atoms with van der Waals surface area (Å²) in [5, 5.41) is 6.51. The van der Waals surface area contributed by atoms with E-state index in [-0.39, 0.29) is 5.02 Å². The third kappa shape index (κ3) is 3.91. The fraction of sp³-hybridized carbons (Fsp3) is 0.0714. The van der Waals surface area contributed by atoms with E-state index < -0.39 is 5.82 Å². The van der Waals surface area contributed by atoms with E-state index in [4.69, 9.17) is 23.8 Å². The summed E-state index contributed by atoms with van der Waals surface area (Å²) >= 11 is 14.3. The van der Waals surface area contributed by atoms with Gasteiger partial charge in [-0.25, -0.2) is 4.39 Å². The average Bonchev–Trinajstić information content (AvgIpc) is 2.37. The predicted molar refractivity (Wildman–Crippen MR) is 90.1 cm³/mol. The monoisotopic (exact) mass is 372 g/mol. The molecule has 6 heteroatoms. The maximum Gasteiger partial charge on any atom is 0.175 e. The fourth-order valence-corrected chi connectivity index (χ4v) is 2.51. The van der Waals surface area contributed by atoms with Gasteiger partial charge in [-0.15, -0.1) is 0 Å². The van der Waals surface area contributed by atoms with Crippen molar-refractivity contribution < 1.29 is 4.39 Å². The molecule has 2 aromatic rings. The number of nitrogens with one attached hydrogen (secondary N) is 2. The second-order valence-corrected chi connectivity index (χ2v) is 5.90. The predicted octanol–water partition coefficient (Wildman–Crippen LogP) is 5.36. The molecule has 0 saturated carbocycles. The lowest BCUT2D eigenvalue weighted by Gasteiger charge is -2.13. The van der Waals surface area contributed by atoms with E-state index in [0.29, 0.717) is 10.8 Å². The summed E-state index contributed by atoms with van der Waals surface area (Å²) in [6.45, 7) is 1.98. The highest BCUT2D eigenvalue weighted by atomic mass is 79.9. The Balaban J connectivity index is 2.07. The number of hydrogen-bond donors (Lipinski definition) is 2. The first-order chi connectivity index (χ1) is 9.45. The van der Waals surface area contributed by atoms with E-state index >= 15 is 0 Å². The first-order valence-corrected chi connectivity index (χ1v) is 7.33. The standard InChI is InChI=1S/C14H11BrClFN2S/c1-8-6-9(15)2-5-13(8)19-14(20)18-10-3-4-12(17)11(16)7-10/h2-7H,1H3,(H2,18,19,20). The largest absolute Gasteiger partial charge is 0.332 e. The number of rotatable bonds is 2. The zero-order valence-corrected chi connectivity index (χ0v) is 13.7. The van der Waals surface area contributed by atoms with Gasteiger partial charge in [0.05, 0.1) is 5.02 Å². The van der Waals surface area contributed by atoms with Gasteiger partial charge in [-0.2, -0.15) is 0 Å². The van der Waals surface area contributed by atoms with Crippen LogP contribution >= 0.6 is 39.7 Å². The van der Waals surface area contributed by atoms with Crippen molar-refractivity contribution in [2.75, 3.05) is 10.6 Å². The summed E-state index contributed by atoms with van der Waals surface area (Å²) in [5.41, 5.74) is 2.59. The summed E-state index contributed by atoms with van der Waals surface area (Å²) in [7, 11) is 0. The minimum Gasteiger partial charge on any atom is -0.332 e. The van der Waals surface area contributed by atoms with E-state index in [1.807, 2.05) is 25.1 Å². The van der Waals surface area contributed by atoms with Gasteiger partial charge in [-0.3, -0.25) is 0 Å². The van der Waals surface area contributed by atoms with Gasteiger partial charge in [-0.1, -0.05) is 27.5 Å². The number of halogens is 3. The van der Waals surface area contributed by atoms with Crippen molar-refractivity contribution in [3.8, 4) is 0 Å². The van der Waals surface area contributed by atoms with Crippen LogP contribution in [0.25, 0.3) is 0 Å². The van der Waals surface area contributed by atoms with E-state index in [1.54, 1.807) is 6.07 Å². The SMILES string of the molecule is Cc1cc(Br)ccc1NC(=S)Nc1ccc(F)c(Cl)c1. The lowest BCUT2D eigenvalue weighted by atomic mass is 10.2. The van der Waals surface area contributed by atoms with Crippen molar-refractivity contribution in [3.63, 3.8) is 0 Å².